The van der Waals surface area contributed by atoms with E-state index in [0.717, 1.165) is 25.9 Å². The molecule has 0 unspecified atom stereocenters. The first kappa shape index (κ1) is 17.3. The molecule has 0 N–H and O–H groups in total. The number of benzene rings is 2. The molecule has 0 bridgehead atoms. The minimum absolute atomic E-state index is 0.128. The number of rotatable bonds is 7. The summed E-state index contributed by atoms with van der Waals surface area (Å²) in [6, 6.07) is 21.4. The third kappa shape index (κ3) is 4.73. The Labute approximate surface area is 151 Å². The normalized spacial score (nSPS) is 20.3. The van der Waals surface area contributed by atoms with Crippen LogP contribution in [0.1, 0.15) is 37.7 Å². The summed E-state index contributed by atoms with van der Waals surface area (Å²) in [4.78, 5) is 0. The zero-order valence-corrected chi connectivity index (χ0v) is 15.8. The van der Waals surface area contributed by atoms with Gasteiger partial charge in [0.05, 0.1) is 0 Å². The Bertz CT molecular complexity index is 639. The topological polar surface area (TPSA) is 18.5 Å². The molecular formula is C21H24O2Se. The average Bonchev–Trinajstić information content (AvgIpc) is 2.65. The SMILES string of the molecule is CCCCO[C@H]1C[C@@H](c2ccccc2)C([Se]c2ccccc2)=CO1. The van der Waals surface area contributed by atoms with Crippen molar-refractivity contribution < 1.29 is 9.47 Å². The van der Waals surface area contributed by atoms with Crippen molar-refractivity contribution in [1.82, 2.24) is 0 Å². The van der Waals surface area contributed by atoms with Crippen molar-refractivity contribution in [1.29, 1.82) is 0 Å². The summed E-state index contributed by atoms with van der Waals surface area (Å²) < 4.78 is 14.6. The molecule has 2 aromatic rings. The Morgan fingerprint density at radius 1 is 1.04 bits per heavy atom. The molecule has 0 saturated carbocycles. The first-order valence-electron chi connectivity index (χ1n) is 8.62. The van der Waals surface area contributed by atoms with Crippen molar-refractivity contribution in [3.63, 3.8) is 0 Å². The second-order valence-corrected chi connectivity index (χ2v) is 8.33. The molecule has 3 heteroatoms. The molecule has 24 heavy (non-hydrogen) atoms. The summed E-state index contributed by atoms with van der Waals surface area (Å²) in [6.45, 7) is 2.95. The van der Waals surface area contributed by atoms with Crippen LogP contribution >= 0.6 is 0 Å². The van der Waals surface area contributed by atoms with E-state index in [1.807, 2.05) is 6.26 Å². The van der Waals surface area contributed by atoms with E-state index >= 15 is 0 Å². The van der Waals surface area contributed by atoms with Crippen LogP contribution in [-0.4, -0.2) is 27.9 Å². The van der Waals surface area contributed by atoms with Crippen LogP contribution in [0.2, 0.25) is 0 Å². The third-order valence-electron chi connectivity index (χ3n) is 4.09. The second-order valence-electron chi connectivity index (χ2n) is 5.92. The summed E-state index contributed by atoms with van der Waals surface area (Å²) in [6.07, 6.45) is 4.96. The van der Waals surface area contributed by atoms with E-state index in [4.69, 9.17) is 9.47 Å². The number of hydrogen-bond donors (Lipinski definition) is 0. The van der Waals surface area contributed by atoms with Gasteiger partial charge in [0, 0.05) is 0 Å². The maximum absolute atomic E-state index is 5.91. The molecule has 126 valence electrons. The Kier molecular flexibility index (Phi) is 6.54. The molecule has 2 nitrogen and oxygen atoms in total. The predicted octanol–water partition coefficient (Wildman–Crippen LogP) is 4.20. The zero-order valence-electron chi connectivity index (χ0n) is 14.1. The van der Waals surface area contributed by atoms with Gasteiger partial charge in [0.2, 0.25) is 0 Å². The van der Waals surface area contributed by atoms with E-state index in [-0.39, 0.29) is 21.2 Å². The van der Waals surface area contributed by atoms with Gasteiger partial charge in [-0.1, -0.05) is 0 Å². The molecule has 0 aromatic heterocycles. The molecule has 0 radical (unpaired) electrons. The van der Waals surface area contributed by atoms with Gasteiger partial charge in [-0.15, -0.1) is 0 Å². The van der Waals surface area contributed by atoms with Crippen LogP contribution < -0.4 is 4.46 Å². The van der Waals surface area contributed by atoms with Crippen molar-refractivity contribution in [3.8, 4) is 0 Å². The van der Waals surface area contributed by atoms with Crippen LogP contribution in [0.3, 0.4) is 0 Å². The number of allylic oxidation sites excluding steroid dienone is 1. The van der Waals surface area contributed by atoms with Gasteiger partial charge in [-0.25, -0.2) is 0 Å². The van der Waals surface area contributed by atoms with Crippen molar-refractivity contribution in [3.05, 3.63) is 77.0 Å². The molecule has 1 aliphatic rings. The molecule has 1 heterocycles. The average molecular weight is 387 g/mol. The van der Waals surface area contributed by atoms with Crippen LogP contribution in [0.5, 0.6) is 0 Å². The molecule has 1 aliphatic heterocycles. The van der Waals surface area contributed by atoms with Gasteiger partial charge < -0.3 is 0 Å². The Balaban J connectivity index is 1.76. The molecule has 3 rings (SSSR count). The fraction of sp³-hybridized carbons (Fsp3) is 0.333. The summed E-state index contributed by atoms with van der Waals surface area (Å²) >= 11 is 0.274. The quantitative estimate of drug-likeness (QED) is 0.524. The summed E-state index contributed by atoms with van der Waals surface area (Å²) in [5, 5.41) is 0. The molecule has 2 atom stereocenters. The summed E-state index contributed by atoms with van der Waals surface area (Å²) in [5.41, 5.74) is 1.36. The zero-order chi connectivity index (χ0) is 16.6. The fourth-order valence-corrected chi connectivity index (χ4v) is 4.95. The first-order chi connectivity index (χ1) is 11.9. The second kappa shape index (κ2) is 9.08. The molecule has 2 aromatic carbocycles. The van der Waals surface area contributed by atoms with E-state index in [1.165, 1.54) is 14.5 Å². The maximum atomic E-state index is 5.91. The fourth-order valence-electron chi connectivity index (χ4n) is 2.76. The number of unbranched alkanes of at least 4 members (excludes halogenated alkanes) is 1. The standard InChI is InChI=1S/C21H24O2Se/c1-2-3-14-22-21-15-19(17-10-6-4-7-11-17)20(16-23-21)24-18-12-8-5-9-13-18/h4-13,16,19,21H,2-3,14-15H2,1H3/t19-,21+/m0/s1. The summed E-state index contributed by atoms with van der Waals surface area (Å²) in [7, 11) is 0. The Hall–Kier alpha value is -1.54. The van der Waals surface area contributed by atoms with Crippen LogP contribution in [0.15, 0.2) is 71.4 Å². The molecule has 0 fully saturated rings. The third-order valence-corrected chi connectivity index (χ3v) is 6.45. The number of ether oxygens (including phenoxy) is 2. The number of hydrogen-bond acceptors (Lipinski definition) is 2. The van der Waals surface area contributed by atoms with E-state index in [2.05, 4.69) is 67.6 Å². The molecular weight excluding hydrogens is 363 g/mol. The minimum atomic E-state index is -0.128. The Morgan fingerprint density at radius 2 is 1.75 bits per heavy atom. The van der Waals surface area contributed by atoms with Crippen LogP contribution in [0.25, 0.3) is 0 Å². The van der Waals surface area contributed by atoms with Gasteiger partial charge in [0.15, 0.2) is 0 Å². The molecule has 0 amide bonds. The van der Waals surface area contributed by atoms with Gasteiger partial charge >= 0.3 is 151 Å². The van der Waals surface area contributed by atoms with Gasteiger partial charge in [0.25, 0.3) is 0 Å². The molecule has 0 aliphatic carbocycles. The van der Waals surface area contributed by atoms with Crippen molar-refractivity contribution in [2.45, 2.75) is 38.4 Å². The van der Waals surface area contributed by atoms with Gasteiger partial charge in [-0.3, -0.25) is 0 Å². The monoisotopic (exact) mass is 388 g/mol. The predicted molar refractivity (Wildman–Crippen MR) is 99.4 cm³/mol. The first-order valence-corrected chi connectivity index (χ1v) is 10.3. The van der Waals surface area contributed by atoms with E-state index in [1.54, 1.807) is 0 Å². The van der Waals surface area contributed by atoms with E-state index in [0.29, 0.717) is 5.92 Å². The van der Waals surface area contributed by atoms with Crippen molar-refractivity contribution in [2.24, 2.45) is 0 Å². The molecule has 0 saturated heterocycles. The van der Waals surface area contributed by atoms with Gasteiger partial charge in [0.1, 0.15) is 0 Å². The van der Waals surface area contributed by atoms with Crippen LogP contribution in [-0.2, 0) is 9.47 Å². The van der Waals surface area contributed by atoms with Gasteiger partial charge in [-0.05, 0) is 0 Å². The Morgan fingerprint density at radius 3 is 2.46 bits per heavy atom. The summed E-state index contributed by atoms with van der Waals surface area (Å²) in [5.74, 6) is 0.381. The van der Waals surface area contributed by atoms with Crippen LogP contribution in [0.4, 0.5) is 0 Å². The van der Waals surface area contributed by atoms with E-state index in [9.17, 15) is 0 Å². The molecule has 0 spiro atoms. The van der Waals surface area contributed by atoms with Gasteiger partial charge in [-0.2, -0.15) is 0 Å². The van der Waals surface area contributed by atoms with Crippen molar-refractivity contribution >= 4 is 19.4 Å². The van der Waals surface area contributed by atoms with Crippen LogP contribution in [0, 0.1) is 0 Å². The van der Waals surface area contributed by atoms with E-state index < -0.39 is 0 Å². The van der Waals surface area contributed by atoms with Crippen molar-refractivity contribution in [2.75, 3.05) is 6.61 Å².